The Morgan fingerprint density at radius 1 is 1.11 bits per heavy atom. The number of hydrogen-bond donors (Lipinski definition) is 3. The van der Waals surface area contributed by atoms with Crippen LogP contribution in [0.25, 0.3) is 0 Å². The molecule has 148 valence electrons. The second kappa shape index (κ2) is 10.1. The fraction of sp³-hybridized carbons (Fsp3) is 0.250. The molecule has 28 heavy (non-hydrogen) atoms. The average molecular weight is 388 g/mol. The van der Waals surface area contributed by atoms with Crippen LogP contribution in [0.4, 0.5) is 14.9 Å². The Morgan fingerprint density at radius 2 is 1.82 bits per heavy atom. The molecule has 0 saturated heterocycles. The molecule has 2 aromatic carbocycles. The van der Waals surface area contributed by atoms with Crippen molar-refractivity contribution in [1.82, 2.24) is 5.32 Å². The lowest BCUT2D eigenvalue weighted by Crippen LogP contribution is -2.40. The Bertz CT molecular complexity index is 842. The zero-order valence-corrected chi connectivity index (χ0v) is 15.3. The maximum atomic E-state index is 14.0. The number of nitrogens with one attached hydrogen (secondary N) is 2. The molecule has 0 aliphatic rings. The number of carbonyl (C=O) groups excluding carboxylic acids is 2. The predicted molar refractivity (Wildman–Crippen MR) is 101 cm³/mol. The lowest BCUT2D eigenvalue weighted by Gasteiger charge is -2.19. The van der Waals surface area contributed by atoms with Gasteiger partial charge in [-0.3, -0.25) is 4.79 Å². The van der Waals surface area contributed by atoms with Crippen LogP contribution in [0.2, 0.25) is 0 Å². The van der Waals surface area contributed by atoms with Gasteiger partial charge < -0.3 is 20.5 Å². The molecule has 0 aromatic heterocycles. The number of benzene rings is 2. The Hall–Kier alpha value is -3.42. The lowest BCUT2D eigenvalue weighted by atomic mass is 10.0. The van der Waals surface area contributed by atoms with Crippen molar-refractivity contribution in [3.05, 3.63) is 65.5 Å². The van der Waals surface area contributed by atoms with E-state index in [1.807, 2.05) is 30.3 Å². The number of esters is 1. The molecule has 8 heteroatoms. The molecular formula is C20H21FN2O5. The third kappa shape index (κ3) is 6.08. The monoisotopic (exact) mass is 388 g/mol. The minimum atomic E-state index is -0.974. The van der Waals surface area contributed by atoms with Crippen LogP contribution in [0, 0.1) is 5.82 Å². The van der Waals surface area contributed by atoms with Crippen LogP contribution in [0.3, 0.4) is 0 Å². The normalized spacial score (nSPS) is 11.4. The third-order valence-electron chi connectivity index (χ3n) is 4.02. The number of carbonyl (C=O) groups is 3. The highest BCUT2D eigenvalue weighted by Crippen LogP contribution is 2.20. The van der Waals surface area contributed by atoms with E-state index in [2.05, 4.69) is 15.4 Å². The molecule has 1 atom stereocenters. The van der Waals surface area contributed by atoms with Gasteiger partial charge in [-0.15, -0.1) is 0 Å². The first-order chi connectivity index (χ1) is 13.4. The molecule has 0 saturated carbocycles. The van der Waals surface area contributed by atoms with Gasteiger partial charge in [-0.05, 0) is 30.5 Å². The molecule has 3 N–H and O–H groups in total. The highest BCUT2D eigenvalue weighted by Gasteiger charge is 2.20. The third-order valence-corrected chi connectivity index (χ3v) is 4.02. The van der Waals surface area contributed by atoms with Gasteiger partial charge in [-0.2, -0.15) is 0 Å². The minimum Gasteiger partial charge on any atom is -0.481 e. The summed E-state index contributed by atoms with van der Waals surface area (Å²) in [6, 6.07) is 12.0. The molecule has 0 fully saturated rings. The molecule has 7 nitrogen and oxygen atoms in total. The molecule has 0 bridgehead atoms. The molecule has 0 spiro atoms. The van der Waals surface area contributed by atoms with E-state index < -0.39 is 29.8 Å². The van der Waals surface area contributed by atoms with Crippen molar-refractivity contribution >= 4 is 23.7 Å². The number of halogens is 1. The van der Waals surface area contributed by atoms with Gasteiger partial charge in [0.15, 0.2) is 0 Å². The highest BCUT2D eigenvalue weighted by atomic mass is 19.1. The summed E-state index contributed by atoms with van der Waals surface area (Å²) in [5, 5.41) is 14.0. The summed E-state index contributed by atoms with van der Waals surface area (Å²) in [6.45, 7) is 0. The summed E-state index contributed by atoms with van der Waals surface area (Å²) in [7, 11) is 1.11. The second-order valence-electron chi connectivity index (χ2n) is 6.07. The summed E-state index contributed by atoms with van der Waals surface area (Å²) in [5.74, 6) is -2.71. The summed E-state index contributed by atoms with van der Waals surface area (Å²) in [5.41, 5.74) is 0.505. The maximum absolute atomic E-state index is 14.0. The zero-order chi connectivity index (χ0) is 20.5. The Kier molecular flexibility index (Phi) is 7.50. The zero-order valence-electron chi connectivity index (χ0n) is 15.3. The van der Waals surface area contributed by atoms with Gasteiger partial charge in [0.25, 0.3) is 0 Å². The van der Waals surface area contributed by atoms with Crippen LogP contribution in [-0.2, 0) is 16.0 Å². The van der Waals surface area contributed by atoms with Crippen molar-refractivity contribution in [1.29, 1.82) is 0 Å². The first kappa shape index (κ1) is 20.9. The molecule has 2 rings (SSSR count). The fourth-order valence-corrected chi connectivity index (χ4v) is 2.70. The first-order valence-electron chi connectivity index (χ1n) is 8.60. The van der Waals surface area contributed by atoms with Crippen molar-refractivity contribution in [2.24, 2.45) is 0 Å². The summed E-state index contributed by atoms with van der Waals surface area (Å²) in [6.07, 6.45) is 0.518. The Labute approximate surface area is 161 Å². The van der Waals surface area contributed by atoms with Gasteiger partial charge in [0.1, 0.15) is 11.4 Å². The van der Waals surface area contributed by atoms with E-state index in [1.165, 1.54) is 12.1 Å². The predicted octanol–water partition coefficient (Wildman–Crippen LogP) is 3.21. The maximum Gasteiger partial charge on any atom is 0.342 e. The summed E-state index contributed by atoms with van der Waals surface area (Å²) in [4.78, 5) is 35.1. The molecule has 2 aromatic rings. The fourth-order valence-electron chi connectivity index (χ4n) is 2.70. The molecule has 2 amide bonds. The van der Waals surface area contributed by atoms with Crippen LogP contribution in [0.5, 0.6) is 0 Å². The summed E-state index contributed by atoms with van der Waals surface area (Å²) < 4.78 is 18.5. The number of hydrogen-bond acceptors (Lipinski definition) is 4. The highest BCUT2D eigenvalue weighted by molar-refractivity contribution is 6.01. The Morgan fingerprint density at radius 3 is 2.46 bits per heavy atom. The standard InChI is InChI=1S/C20H21FN2O5/c1-28-19(26)18-15(21)8-5-9-16(18)23-20(27)22-14(10-11-17(24)25)12-13-6-3-2-4-7-13/h2-9,14H,10-12H2,1H3,(H,24,25)(H2,22,23,27). The van der Waals surface area contributed by atoms with Crippen LogP contribution in [0.1, 0.15) is 28.8 Å². The molecule has 0 heterocycles. The van der Waals surface area contributed by atoms with E-state index in [4.69, 9.17) is 5.11 Å². The number of ether oxygens (including phenoxy) is 1. The van der Waals surface area contributed by atoms with E-state index in [9.17, 15) is 18.8 Å². The molecule has 0 radical (unpaired) electrons. The van der Waals surface area contributed by atoms with Crippen LogP contribution in [0.15, 0.2) is 48.5 Å². The SMILES string of the molecule is COC(=O)c1c(F)cccc1NC(=O)NC(CCC(=O)O)Cc1ccccc1. The van der Waals surface area contributed by atoms with E-state index in [0.717, 1.165) is 18.7 Å². The summed E-state index contributed by atoms with van der Waals surface area (Å²) >= 11 is 0. The van der Waals surface area contributed by atoms with Gasteiger partial charge in [-0.25, -0.2) is 14.0 Å². The number of carboxylic acid groups (broad SMARTS) is 1. The van der Waals surface area contributed by atoms with Gasteiger partial charge in [-0.1, -0.05) is 36.4 Å². The number of rotatable bonds is 8. The van der Waals surface area contributed by atoms with Crippen LogP contribution in [-0.4, -0.2) is 36.2 Å². The van der Waals surface area contributed by atoms with Gasteiger partial charge in [0.2, 0.25) is 0 Å². The van der Waals surface area contributed by atoms with Gasteiger partial charge in [0.05, 0.1) is 12.8 Å². The minimum absolute atomic E-state index is 0.0407. The van der Waals surface area contributed by atoms with Crippen molar-refractivity contribution in [3.8, 4) is 0 Å². The number of urea groups is 1. The van der Waals surface area contributed by atoms with E-state index in [-0.39, 0.29) is 24.1 Å². The number of aliphatic carboxylic acids is 1. The van der Waals surface area contributed by atoms with Crippen LogP contribution >= 0.6 is 0 Å². The number of carboxylic acids is 1. The topological polar surface area (TPSA) is 105 Å². The van der Waals surface area contributed by atoms with Gasteiger partial charge in [0, 0.05) is 12.5 Å². The van der Waals surface area contributed by atoms with E-state index in [1.54, 1.807) is 0 Å². The average Bonchev–Trinajstić information content (AvgIpc) is 2.66. The van der Waals surface area contributed by atoms with Crippen molar-refractivity contribution < 1.29 is 28.6 Å². The van der Waals surface area contributed by atoms with Crippen molar-refractivity contribution in [2.45, 2.75) is 25.3 Å². The smallest absolute Gasteiger partial charge is 0.342 e. The number of methoxy groups -OCH3 is 1. The molecule has 0 aliphatic carbocycles. The second-order valence-corrected chi connectivity index (χ2v) is 6.07. The lowest BCUT2D eigenvalue weighted by molar-refractivity contribution is -0.137. The van der Waals surface area contributed by atoms with Crippen molar-refractivity contribution in [2.75, 3.05) is 12.4 Å². The quantitative estimate of drug-likeness (QED) is 0.603. The van der Waals surface area contributed by atoms with Crippen LogP contribution < -0.4 is 10.6 Å². The molecule has 1 unspecified atom stereocenters. The van der Waals surface area contributed by atoms with Crippen molar-refractivity contribution in [3.63, 3.8) is 0 Å². The Balaban J connectivity index is 2.12. The first-order valence-corrected chi connectivity index (χ1v) is 8.60. The largest absolute Gasteiger partial charge is 0.481 e. The van der Waals surface area contributed by atoms with E-state index >= 15 is 0 Å². The molecular weight excluding hydrogens is 367 g/mol. The van der Waals surface area contributed by atoms with Gasteiger partial charge >= 0.3 is 18.0 Å². The van der Waals surface area contributed by atoms with E-state index in [0.29, 0.717) is 6.42 Å². The number of amides is 2. The number of anilines is 1. The molecule has 0 aliphatic heterocycles.